The molecule has 1 aromatic carbocycles. The quantitative estimate of drug-likeness (QED) is 0.921. The first kappa shape index (κ1) is 13.6. The first-order valence-electron chi connectivity index (χ1n) is 5.63. The zero-order valence-corrected chi connectivity index (χ0v) is 12.6. The molecule has 0 radical (unpaired) electrons. The molecule has 2 aromatic rings. The number of hydrogen-bond acceptors (Lipinski definition) is 3. The predicted octanol–water partition coefficient (Wildman–Crippen LogP) is 3.86. The van der Waals surface area contributed by atoms with Gasteiger partial charge in [0.1, 0.15) is 5.82 Å². The lowest BCUT2D eigenvalue weighted by atomic mass is 10.0. The highest BCUT2D eigenvalue weighted by Gasteiger charge is 2.13. The van der Waals surface area contributed by atoms with Crippen LogP contribution < -0.4 is 5.32 Å². The van der Waals surface area contributed by atoms with Crippen molar-refractivity contribution in [2.24, 2.45) is 0 Å². The highest BCUT2D eigenvalue weighted by Crippen LogP contribution is 2.23. The van der Waals surface area contributed by atoms with E-state index in [0.29, 0.717) is 4.47 Å². The molecule has 0 aliphatic carbocycles. The Labute approximate surface area is 118 Å². The van der Waals surface area contributed by atoms with Gasteiger partial charge >= 0.3 is 0 Å². The number of likely N-dealkylation sites (N-methyl/N-ethyl adjacent to an activating group) is 1. The summed E-state index contributed by atoms with van der Waals surface area (Å²) in [6.07, 6.45) is 0.790. The Kier molecular flexibility index (Phi) is 4.48. The maximum absolute atomic E-state index is 13.2. The minimum absolute atomic E-state index is 0.160. The molecule has 0 aliphatic heterocycles. The van der Waals surface area contributed by atoms with Crippen LogP contribution in [-0.2, 0) is 6.42 Å². The molecule has 1 aromatic heterocycles. The number of thiazole rings is 1. The Bertz CT molecular complexity index is 542. The lowest BCUT2D eigenvalue weighted by molar-refractivity contribution is 0.575. The molecule has 0 saturated heterocycles. The van der Waals surface area contributed by atoms with Crippen molar-refractivity contribution in [3.8, 4) is 0 Å². The molecule has 0 amide bonds. The zero-order valence-electron chi connectivity index (χ0n) is 10.2. The number of rotatable bonds is 4. The number of nitrogens with one attached hydrogen (secondary N) is 1. The molecule has 0 bridgehead atoms. The van der Waals surface area contributed by atoms with Gasteiger partial charge in [0.2, 0.25) is 0 Å². The summed E-state index contributed by atoms with van der Waals surface area (Å²) in [4.78, 5) is 4.49. The van der Waals surface area contributed by atoms with Crippen LogP contribution >= 0.6 is 27.3 Å². The van der Waals surface area contributed by atoms with Gasteiger partial charge in [0, 0.05) is 5.38 Å². The van der Waals surface area contributed by atoms with Gasteiger partial charge in [0.15, 0.2) is 0 Å². The lowest BCUT2D eigenvalue weighted by Crippen LogP contribution is -2.19. The van der Waals surface area contributed by atoms with E-state index in [1.165, 1.54) is 6.07 Å². The number of aryl methyl sites for hydroxylation is 1. The summed E-state index contributed by atoms with van der Waals surface area (Å²) in [5, 5.41) is 6.37. The van der Waals surface area contributed by atoms with Crippen molar-refractivity contribution in [2.45, 2.75) is 19.4 Å². The third-order valence-corrected chi connectivity index (χ3v) is 4.17. The molecule has 0 aliphatic rings. The molecule has 1 N–H and O–H groups in total. The summed E-state index contributed by atoms with van der Waals surface area (Å²) in [7, 11) is 1.91. The fraction of sp³-hybridized carbons (Fsp3) is 0.308. The average Bonchev–Trinajstić information content (AvgIpc) is 2.77. The molecular weight excluding hydrogens is 315 g/mol. The first-order chi connectivity index (χ1) is 8.60. The fourth-order valence-electron chi connectivity index (χ4n) is 1.80. The second-order valence-electron chi connectivity index (χ2n) is 4.09. The molecule has 18 heavy (non-hydrogen) atoms. The molecule has 0 spiro atoms. The second kappa shape index (κ2) is 5.91. The smallest absolute Gasteiger partial charge is 0.137 e. The molecular formula is C13H14BrFN2S. The van der Waals surface area contributed by atoms with E-state index in [9.17, 15) is 4.39 Å². The van der Waals surface area contributed by atoms with Gasteiger partial charge in [0.05, 0.1) is 21.2 Å². The third kappa shape index (κ3) is 3.16. The van der Waals surface area contributed by atoms with Gasteiger partial charge in [0.25, 0.3) is 0 Å². The van der Waals surface area contributed by atoms with Gasteiger partial charge in [-0.2, -0.15) is 0 Å². The number of nitrogens with zero attached hydrogens (tertiary/aromatic N) is 1. The van der Waals surface area contributed by atoms with Crippen molar-refractivity contribution >= 4 is 27.3 Å². The molecule has 1 heterocycles. The summed E-state index contributed by atoms with van der Waals surface area (Å²) in [6, 6.07) is 5.27. The molecule has 2 nitrogen and oxygen atoms in total. The van der Waals surface area contributed by atoms with E-state index in [0.717, 1.165) is 22.7 Å². The van der Waals surface area contributed by atoms with Crippen LogP contribution in [0, 0.1) is 12.7 Å². The van der Waals surface area contributed by atoms with E-state index in [1.807, 2.05) is 26.1 Å². The second-order valence-corrected chi connectivity index (χ2v) is 6.00. The molecule has 0 saturated carbocycles. The van der Waals surface area contributed by atoms with Crippen LogP contribution in [0.25, 0.3) is 0 Å². The van der Waals surface area contributed by atoms with Crippen molar-refractivity contribution in [1.29, 1.82) is 0 Å². The van der Waals surface area contributed by atoms with Crippen LogP contribution in [0.1, 0.15) is 22.3 Å². The Hall–Kier alpha value is -0.780. The molecule has 0 fully saturated rings. The number of aromatic nitrogens is 1. The van der Waals surface area contributed by atoms with Gasteiger partial charge in [-0.05, 0) is 54.0 Å². The number of benzene rings is 1. The maximum atomic E-state index is 13.2. The standard InChI is InChI=1S/C13H14BrFN2S/c1-8-17-13(7-18-8)12(16-2)6-9-3-4-11(15)10(14)5-9/h3-5,7,12,16H,6H2,1-2H3. The minimum Gasteiger partial charge on any atom is -0.311 e. The van der Waals surface area contributed by atoms with Crippen LogP contribution in [-0.4, -0.2) is 12.0 Å². The van der Waals surface area contributed by atoms with E-state index in [2.05, 4.69) is 31.6 Å². The van der Waals surface area contributed by atoms with Crippen molar-refractivity contribution in [3.05, 3.63) is 50.1 Å². The molecule has 5 heteroatoms. The normalized spacial score (nSPS) is 12.7. The van der Waals surface area contributed by atoms with E-state index >= 15 is 0 Å². The van der Waals surface area contributed by atoms with E-state index in [1.54, 1.807) is 11.3 Å². The maximum Gasteiger partial charge on any atom is 0.137 e. The third-order valence-electron chi connectivity index (χ3n) is 2.77. The summed E-state index contributed by atoms with van der Waals surface area (Å²) in [6.45, 7) is 2.00. The minimum atomic E-state index is -0.232. The number of hydrogen-bond donors (Lipinski definition) is 1. The Balaban J connectivity index is 2.17. The van der Waals surface area contributed by atoms with Gasteiger partial charge in [-0.15, -0.1) is 11.3 Å². The summed E-state index contributed by atoms with van der Waals surface area (Å²) in [5.41, 5.74) is 2.12. The lowest BCUT2D eigenvalue weighted by Gasteiger charge is -2.14. The van der Waals surface area contributed by atoms with Crippen LogP contribution in [0.5, 0.6) is 0 Å². The predicted molar refractivity (Wildman–Crippen MR) is 76.5 cm³/mol. The Morgan fingerprint density at radius 3 is 2.83 bits per heavy atom. The van der Waals surface area contributed by atoms with E-state index in [-0.39, 0.29) is 11.9 Å². The van der Waals surface area contributed by atoms with Gasteiger partial charge in [-0.3, -0.25) is 0 Å². The zero-order chi connectivity index (χ0) is 13.1. The number of halogens is 2. The topological polar surface area (TPSA) is 24.9 Å². The van der Waals surface area contributed by atoms with Crippen LogP contribution in [0.4, 0.5) is 4.39 Å². The van der Waals surface area contributed by atoms with Gasteiger partial charge in [-0.1, -0.05) is 6.07 Å². The Morgan fingerprint density at radius 1 is 1.50 bits per heavy atom. The van der Waals surface area contributed by atoms with E-state index < -0.39 is 0 Å². The first-order valence-corrected chi connectivity index (χ1v) is 7.30. The van der Waals surface area contributed by atoms with Crippen molar-refractivity contribution < 1.29 is 4.39 Å². The van der Waals surface area contributed by atoms with E-state index in [4.69, 9.17) is 0 Å². The molecule has 1 atom stereocenters. The molecule has 2 rings (SSSR count). The summed E-state index contributed by atoms with van der Waals surface area (Å²) >= 11 is 4.85. The highest BCUT2D eigenvalue weighted by atomic mass is 79.9. The van der Waals surface area contributed by atoms with Crippen LogP contribution in [0.15, 0.2) is 28.1 Å². The monoisotopic (exact) mass is 328 g/mol. The van der Waals surface area contributed by atoms with Crippen molar-refractivity contribution in [2.75, 3.05) is 7.05 Å². The molecule has 1 unspecified atom stereocenters. The highest BCUT2D eigenvalue weighted by molar-refractivity contribution is 9.10. The van der Waals surface area contributed by atoms with Crippen molar-refractivity contribution in [3.63, 3.8) is 0 Å². The van der Waals surface area contributed by atoms with Crippen molar-refractivity contribution in [1.82, 2.24) is 10.3 Å². The summed E-state index contributed by atoms with van der Waals surface area (Å²) in [5.74, 6) is -0.232. The fourth-order valence-corrected chi connectivity index (χ4v) is 2.89. The average molecular weight is 329 g/mol. The largest absolute Gasteiger partial charge is 0.311 e. The van der Waals surface area contributed by atoms with Crippen LogP contribution in [0.2, 0.25) is 0 Å². The molecule has 96 valence electrons. The Morgan fingerprint density at radius 2 is 2.28 bits per heavy atom. The van der Waals surface area contributed by atoms with Crippen LogP contribution in [0.3, 0.4) is 0 Å². The summed E-state index contributed by atoms with van der Waals surface area (Å²) < 4.78 is 13.7. The van der Waals surface area contributed by atoms with Gasteiger partial charge in [-0.25, -0.2) is 9.37 Å². The van der Waals surface area contributed by atoms with Gasteiger partial charge < -0.3 is 5.32 Å². The SMILES string of the molecule is CNC(Cc1ccc(F)c(Br)c1)c1csc(C)n1.